The minimum atomic E-state index is -1.30. The molecule has 5 nitrogen and oxygen atoms in total. The minimum absolute atomic E-state index is 0.235. The number of carbonyl (C=O) groups is 1. The van der Waals surface area contributed by atoms with Crippen molar-refractivity contribution in [2.24, 2.45) is 5.73 Å². The van der Waals surface area contributed by atoms with Crippen LogP contribution >= 0.6 is 0 Å². The van der Waals surface area contributed by atoms with E-state index < -0.39 is 18.1 Å². The molecule has 4 N–H and O–H groups in total. The number of hydrogen-bond donors (Lipinski definition) is 3. The number of benzene rings is 2. The first-order valence-corrected chi connectivity index (χ1v) is 7.60. The van der Waals surface area contributed by atoms with Gasteiger partial charge in [0, 0.05) is 6.04 Å². The molecule has 2 atom stereocenters. The van der Waals surface area contributed by atoms with E-state index in [1.54, 1.807) is 0 Å². The largest absolute Gasteiger partial charge is 0.382 e. The second-order valence-corrected chi connectivity index (χ2v) is 5.37. The first-order valence-electron chi connectivity index (χ1n) is 7.60. The molecule has 1 unspecified atom stereocenters. The summed E-state index contributed by atoms with van der Waals surface area (Å²) in [6, 6.07) is 18.6. The number of carbonyl (C=O) groups excluding carboxylic acids is 1. The molecular formula is C18H22N2O3. The fourth-order valence-corrected chi connectivity index (χ4v) is 2.16. The number of hydrogen-bond acceptors (Lipinski definition) is 4. The molecule has 0 radical (unpaired) electrons. The third-order valence-corrected chi connectivity index (χ3v) is 3.54. The Hall–Kier alpha value is -2.21. The molecule has 0 aliphatic carbocycles. The third-order valence-electron chi connectivity index (χ3n) is 3.54. The molecule has 2 aromatic rings. The van der Waals surface area contributed by atoms with Gasteiger partial charge in [-0.25, -0.2) is 5.48 Å². The SMILES string of the molecule is N[C@H](CCc1ccccc1)C(O)C(=O)NOCc1ccccc1. The van der Waals surface area contributed by atoms with Crippen LogP contribution in [0.2, 0.25) is 0 Å². The Labute approximate surface area is 136 Å². The molecule has 2 rings (SSSR count). The number of aryl methyl sites for hydroxylation is 1. The predicted molar refractivity (Wildman–Crippen MR) is 88.1 cm³/mol. The molecule has 0 spiro atoms. The van der Waals surface area contributed by atoms with E-state index in [-0.39, 0.29) is 6.61 Å². The van der Waals surface area contributed by atoms with Gasteiger partial charge in [-0.3, -0.25) is 9.63 Å². The van der Waals surface area contributed by atoms with Gasteiger partial charge in [-0.15, -0.1) is 0 Å². The van der Waals surface area contributed by atoms with Crippen LogP contribution in [0.4, 0.5) is 0 Å². The molecule has 0 bridgehead atoms. The number of rotatable bonds is 8. The van der Waals surface area contributed by atoms with Crippen LogP contribution in [-0.2, 0) is 22.7 Å². The van der Waals surface area contributed by atoms with Gasteiger partial charge in [0.25, 0.3) is 5.91 Å². The summed E-state index contributed by atoms with van der Waals surface area (Å²) in [5.41, 5.74) is 10.2. The summed E-state index contributed by atoms with van der Waals surface area (Å²) in [5.74, 6) is -0.624. The summed E-state index contributed by atoms with van der Waals surface area (Å²) < 4.78 is 0. The van der Waals surface area contributed by atoms with Gasteiger partial charge in [0.2, 0.25) is 0 Å². The molecule has 0 saturated heterocycles. The fraction of sp³-hybridized carbons (Fsp3) is 0.278. The Balaban J connectivity index is 1.70. The molecule has 23 heavy (non-hydrogen) atoms. The number of hydroxylamine groups is 1. The van der Waals surface area contributed by atoms with Gasteiger partial charge < -0.3 is 10.8 Å². The third kappa shape index (κ3) is 5.83. The normalized spacial score (nSPS) is 13.3. The summed E-state index contributed by atoms with van der Waals surface area (Å²) in [7, 11) is 0. The van der Waals surface area contributed by atoms with E-state index in [9.17, 15) is 9.90 Å². The van der Waals surface area contributed by atoms with Crippen LogP contribution in [0.25, 0.3) is 0 Å². The van der Waals surface area contributed by atoms with Crippen LogP contribution in [0.3, 0.4) is 0 Å². The van der Waals surface area contributed by atoms with Gasteiger partial charge in [0.1, 0.15) is 6.10 Å². The highest BCUT2D eigenvalue weighted by Crippen LogP contribution is 2.06. The van der Waals surface area contributed by atoms with Crippen molar-refractivity contribution in [3.8, 4) is 0 Å². The maximum Gasteiger partial charge on any atom is 0.273 e. The van der Waals surface area contributed by atoms with Crippen LogP contribution in [0.5, 0.6) is 0 Å². The number of aliphatic hydroxyl groups excluding tert-OH is 1. The Kier molecular flexibility index (Phi) is 6.75. The standard InChI is InChI=1S/C18H22N2O3/c19-16(12-11-14-7-3-1-4-8-14)17(21)18(22)20-23-13-15-9-5-2-6-10-15/h1-10,16-17,21H,11-13,19H2,(H,20,22)/t16-,17?/m1/s1. The zero-order valence-corrected chi connectivity index (χ0v) is 12.9. The lowest BCUT2D eigenvalue weighted by Gasteiger charge is -2.18. The van der Waals surface area contributed by atoms with Gasteiger partial charge in [-0.05, 0) is 24.0 Å². The zero-order valence-electron chi connectivity index (χ0n) is 12.9. The molecule has 1 amide bonds. The number of nitrogens with one attached hydrogen (secondary N) is 1. The van der Waals surface area contributed by atoms with Crippen molar-refractivity contribution < 1.29 is 14.7 Å². The molecule has 0 heterocycles. The molecular weight excluding hydrogens is 292 g/mol. The van der Waals surface area contributed by atoms with Crippen LogP contribution < -0.4 is 11.2 Å². The maximum absolute atomic E-state index is 11.8. The highest BCUT2D eigenvalue weighted by Gasteiger charge is 2.22. The first-order chi connectivity index (χ1) is 11.2. The highest BCUT2D eigenvalue weighted by atomic mass is 16.7. The molecule has 0 fully saturated rings. The Morgan fingerprint density at radius 1 is 1.04 bits per heavy atom. The van der Waals surface area contributed by atoms with E-state index in [1.165, 1.54) is 0 Å². The Bertz CT molecular complexity index is 590. The lowest BCUT2D eigenvalue weighted by molar-refractivity contribution is -0.144. The van der Waals surface area contributed by atoms with E-state index in [0.717, 1.165) is 11.1 Å². The van der Waals surface area contributed by atoms with Crippen LogP contribution in [0.1, 0.15) is 17.5 Å². The lowest BCUT2D eigenvalue weighted by atomic mass is 10.0. The topological polar surface area (TPSA) is 84.6 Å². The number of aliphatic hydroxyl groups is 1. The van der Waals surface area contributed by atoms with E-state index >= 15 is 0 Å². The van der Waals surface area contributed by atoms with Crippen molar-refractivity contribution in [1.29, 1.82) is 0 Å². The molecule has 2 aromatic carbocycles. The second kappa shape index (κ2) is 9.05. The maximum atomic E-state index is 11.8. The minimum Gasteiger partial charge on any atom is -0.382 e. The van der Waals surface area contributed by atoms with Crippen LogP contribution in [0.15, 0.2) is 60.7 Å². The quantitative estimate of drug-likeness (QED) is 0.646. The van der Waals surface area contributed by atoms with Crippen molar-refractivity contribution in [2.45, 2.75) is 31.6 Å². The van der Waals surface area contributed by atoms with Crippen molar-refractivity contribution in [2.75, 3.05) is 0 Å². The smallest absolute Gasteiger partial charge is 0.273 e. The second-order valence-electron chi connectivity index (χ2n) is 5.37. The molecule has 0 saturated carbocycles. The monoisotopic (exact) mass is 314 g/mol. The van der Waals surface area contributed by atoms with Crippen LogP contribution in [-0.4, -0.2) is 23.2 Å². The number of nitrogens with two attached hydrogens (primary N) is 1. The summed E-state index contributed by atoms with van der Waals surface area (Å²) >= 11 is 0. The highest BCUT2D eigenvalue weighted by molar-refractivity contribution is 5.80. The van der Waals surface area contributed by atoms with Gasteiger partial charge in [-0.1, -0.05) is 60.7 Å². The zero-order chi connectivity index (χ0) is 16.5. The van der Waals surface area contributed by atoms with Crippen molar-refractivity contribution in [1.82, 2.24) is 5.48 Å². The number of amides is 1. The van der Waals surface area contributed by atoms with Crippen LogP contribution in [0, 0.1) is 0 Å². The summed E-state index contributed by atoms with van der Waals surface area (Å²) in [6.07, 6.45) is -0.0800. The van der Waals surface area contributed by atoms with E-state index in [1.807, 2.05) is 60.7 Å². The first kappa shape index (κ1) is 17.1. The average Bonchev–Trinajstić information content (AvgIpc) is 2.60. The Morgan fingerprint density at radius 2 is 1.61 bits per heavy atom. The van der Waals surface area contributed by atoms with E-state index in [2.05, 4.69) is 5.48 Å². The van der Waals surface area contributed by atoms with Crippen molar-refractivity contribution in [3.63, 3.8) is 0 Å². The van der Waals surface area contributed by atoms with Crippen molar-refractivity contribution >= 4 is 5.91 Å². The molecule has 0 aliphatic rings. The van der Waals surface area contributed by atoms with Gasteiger partial charge >= 0.3 is 0 Å². The molecule has 5 heteroatoms. The van der Waals surface area contributed by atoms with E-state index in [0.29, 0.717) is 12.8 Å². The molecule has 122 valence electrons. The molecule has 0 aromatic heterocycles. The van der Waals surface area contributed by atoms with Gasteiger partial charge in [0.15, 0.2) is 0 Å². The average molecular weight is 314 g/mol. The fourth-order valence-electron chi connectivity index (χ4n) is 2.16. The van der Waals surface area contributed by atoms with Gasteiger partial charge in [0.05, 0.1) is 6.61 Å². The predicted octanol–water partition coefficient (Wildman–Crippen LogP) is 1.56. The van der Waals surface area contributed by atoms with E-state index in [4.69, 9.17) is 10.6 Å². The summed E-state index contributed by atoms with van der Waals surface area (Å²) in [6.45, 7) is 0.235. The van der Waals surface area contributed by atoms with Crippen molar-refractivity contribution in [3.05, 3.63) is 71.8 Å². The summed E-state index contributed by atoms with van der Waals surface area (Å²) in [4.78, 5) is 16.9. The lowest BCUT2D eigenvalue weighted by Crippen LogP contribution is -2.46. The summed E-state index contributed by atoms with van der Waals surface area (Å²) in [5, 5.41) is 9.94. The van der Waals surface area contributed by atoms with Gasteiger partial charge in [-0.2, -0.15) is 0 Å². The molecule has 0 aliphatic heterocycles. The Morgan fingerprint density at radius 3 is 2.22 bits per heavy atom.